The maximum atomic E-state index is 4.42. The summed E-state index contributed by atoms with van der Waals surface area (Å²) in [6.07, 6.45) is 2.56. The monoisotopic (exact) mass is 401 g/mol. The van der Waals surface area contributed by atoms with Gasteiger partial charge in [0.05, 0.1) is 0 Å². The third-order valence-corrected chi connectivity index (χ3v) is 4.18. The van der Waals surface area contributed by atoms with Gasteiger partial charge < -0.3 is 10.2 Å². The zero-order valence-electron chi connectivity index (χ0n) is 13.6. The Hall–Kier alpha value is -0.780. The zero-order valence-corrected chi connectivity index (χ0v) is 16.0. The number of aryl methyl sites for hydroxylation is 1. The van der Waals surface area contributed by atoms with Gasteiger partial charge in [-0.2, -0.15) is 0 Å². The normalized spacial score (nSPS) is 15.8. The first-order valence-electron chi connectivity index (χ1n) is 7.56. The van der Waals surface area contributed by atoms with Crippen LogP contribution in [0, 0.1) is 6.92 Å². The van der Waals surface area contributed by atoms with E-state index in [0.29, 0.717) is 0 Å². The summed E-state index contributed by atoms with van der Waals surface area (Å²) < 4.78 is 0. The maximum absolute atomic E-state index is 4.42. The van der Waals surface area contributed by atoms with Crippen molar-refractivity contribution in [2.75, 3.05) is 26.7 Å². The minimum absolute atomic E-state index is 0. The van der Waals surface area contributed by atoms with E-state index in [-0.39, 0.29) is 29.4 Å². The molecule has 4 heteroatoms. The van der Waals surface area contributed by atoms with E-state index in [1.54, 1.807) is 0 Å². The molecular weight excluding hydrogens is 373 g/mol. The number of guanidine groups is 1. The van der Waals surface area contributed by atoms with Gasteiger partial charge in [0.2, 0.25) is 0 Å². The number of halogens is 1. The average molecular weight is 401 g/mol. The molecule has 21 heavy (non-hydrogen) atoms. The van der Waals surface area contributed by atoms with Crippen LogP contribution in [-0.2, 0) is 5.41 Å². The van der Waals surface area contributed by atoms with E-state index in [0.717, 1.165) is 25.6 Å². The summed E-state index contributed by atoms with van der Waals surface area (Å²) in [5.74, 6) is 1.05. The van der Waals surface area contributed by atoms with Gasteiger partial charge in [0.15, 0.2) is 5.96 Å². The van der Waals surface area contributed by atoms with Crippen LogP contribution in [-0.4, -0.2) is 37.5 Å². The molecule has 0 amide bonds. The molecular formula is C17H28IN3. The van der Waals surface area contributed by atoms with Gasteiger partial charge >= 0.3 is 0 Å². The highest BCUT2D eigenvalue weighted by Crippen LogP contribution is 2.25. The molecule has 1 heterocycles. The van der Waals surface area contributed by atoms with E-state index in [1.165, 1.54) is 24.0 Å². The fourth-order valence-corrected chi connectivity index (χ4v) is 2.99. The van der Waals surface area contributed by atoms with Gasteiger partial charge in [-0.1, -0.05) is 38.1 Å². The summed E-state index contributed by atoms with van der Waals surface area (Å²) in [4.78, 5) is 6.78. The molecule has 1 saturated heterocycles. The third-order valence-electron chi connectivity index (χ3n) is 4.18. The van der Waals surface area contributed by atoms with Crippen molar-refractivity contribution >= 4 is 29.9 Å². The van der Waals surface area contributed by atoms with Gasteiger partial charge in [-0.25, -0.2) is 0 Å². The number of nitrogens with zero attached hydrogens (tertiary/aromatic N) is 2. The number of hydrogen-bond donors (Lipinski definition) is 1. The van der Waals surface area contributed by atoms with Crippen molar-refractivity contribution in [3.05, 3.63) is 35.4 Å². The van der Waals surface area contributed by atoms with Crippen LogP contribution in [0.5, 0.6) is 0 Å². The molecule has 0 spiro atoms. The molecule has 1 aliphatic rings. The van der Waals surface area contributed by atoms with Crippen molar-refractivity contribution in [1.29, 1.82) is 0 Å². The highest BCUT2D eigenvalue weighted by Gasteiger charge is 2.24. The van der Waals surface area contributed by atoms with Crippen LogP contribution in [0.1, 0.15) is 37.8 Å². The number of hydrogen-bond acceptors (Lipinski definition) is 1. The molecule has 1 N–H and O–H groups in total. The van der Waals surface area contributed by atoms with E-state index in [4.69, 9.17) is 0 Å². The molecule has 3 nitrogen and oxygen atoms in total. The smallest absolute Gasteiger partial charge is 0.193 e. The molecule has 0 aliphatic carbocycles. The molecule has 0 bridgehead atoms. The topological polar surface area (TPSA) is 27.6 Å². The molecule has 118 valence electrons. The van der Waals surface area contributed by atoms with E-state index >= 15 is 0 Å². The predicted octanol–water partition coefficient (Wildman–Crippen LogP) is 3.56. The van der Waals surface area contributed by atoms with Crippen molar-refractivity contribution in [3.63, 3.8) is 0 Å². The lowest BCUT2D eigenvalue weighted by Crippen LogP contribution is -2.44. The molecule has 0 unspecified atom stereocenters. The van der Waals surface area contributed by atoms with Crippen molar-refractivity contribution in [2.24, 2.45) is 4.99 Å². The standard InChI is InChI=1S/C17H27N3.HI/c1-14-9-5-6-10-15(14)17(2,3)13-19-16(18-4)20-11-7-8-12-20;/h5-6,9-10H,7-8,11-13H2,1-4H3,(H,18,19);1H. The molecule has 0 aromatic heterocycles. The summed E-state index contributed by atoms with van der Waals surface area (Å²) in [7, 11) is 1.88. The van der Waals surface area contributed by atoms with E-state index in [2.05, 4.69) is 60.2 Å². The second kappa shape index (κ2) is 8.01. The van der Waals surface area contributed by atoms with Crippen LogP contribution in [0.15, 0.2) is 29.3 Å². The second-order valence-corrected chi connectivity index (χ2v) is 6.29. The molecule has 0 radical (unpaired) electrons. The molecule has 1 fully saturated rings. The zero-order chi connectivity index (χ0) is 14.6. The Labute approximate surface area is 146 Å². The van der Waals surface area contributed by atoms with E-state index in [9.17, 15) is 0 Å². The number of rotatable bonds is 3. The highest BCUT2D eigenvalue weighted by molar-refractivity contribution is 14.0. The van der Waals surface area contributed by atoms with Gasteiger partial charge in [0.25, 0.3) is 0 Å². The number of aliphatic imine (C=N–C) groups is 1. The summed E-state index contributed by atoms with van der Waals surface area (Å²) in [5.41, 5.74) is 2.86. The Morgan fingerprint density at radius 3 is 2.43 bits per heavy atom. The maximum Gasteiger partial charge on any atom is 0.193 e. The van der Waals surface area contributed by atoms with E-state index < -0.39 is 0 Å². The Balaban J connectivity index is 0.00000220. The summed E-state index contributed by atoms with van der Waals surface area (Å²) in [6, 6.07) is 8.65. The third kappa shape index (κ3) is 4.59. The van der Waals surface area contributed by atoms with E-state index in [1.807, 2.05) is 7.05 Å². The summed E-state index contributed by atoms with van der Waals surface area (Å²) in [5, 5.41) is 3.55. The lowest BCUT2D eigenvalue weighted by atomic mass is 9.82. The number of benzene rings is 1. The molecule has 1 aromatic carbocycles. The lowest BCUT2D eigenvalue weighted by Gasteiger charge is -2.30. The van der Waals surface area contributed by atoms with Crippen LogP contribution in [0.4, 0.5) is 0 Å². The Kier molecular flexibility index (Phi) is 6.97. The van der Waals surface area contributed by atoms with Gasteiger partial charge in [-0.15, -0.1) is 24.0 Å². The van der Waals surface area contributed by atoms with Gasteiger partial charge in [-0.05, 0) is 30.9 Å². The summed E-state index contributed by atoms with van der Waals surface area (Å²) >= 11 is 0. The SMILES string of the molecule is CN=C(NCC(C)(C)c1ccccc1C)N1CCCC1.I. The van der Waals surface area contributed by atoms with Crippen LogP contribution in [0.25, 0.3) is 0 Å². The average Bonchev–Trinajstić information content (AvgIpc) is 2.94. The minimum atomic E-state index is 0. The lowest BCUT2D eigenvalue weighted by molar-refractivity contribution is 0.457. The molecule has 1 aliphatic heterocycles. The minimum Gasteiger partial charge on any atom is -0.355 e. The van der Waals surface area contributed by atoms with Crippen LogP contribution < -0.4 is 5.32 Å². The van der Waals surface area contributed by atoms with Crippen molar-refractivity contribution in [2.45, 2.75) is 39.0 Å². The van der Waals surface area contributed by atoms with Crippen molar-refractivity contribution in [1.82, 2.24) is 10.2 Å². The van der Waals surface area contributed by atoms with Gasteiger partial charge in [0.1, 0.15) is 0 Å². The van der Waals surface area contributed by atoms with Crippen molar-refractivity contribution < 1.29 is 0 Å². The first kappa shape index (κ1) is 18.3. The molecule has 2 rings (SSSR count). The largest absolute Gasteiger partial charge is 0.355 e. The highest BCUT2D eigenvalue weighted by atomic mass is 127. The Bertz CT molecular complexity index is 477. The second-order valence-electron chi connectivity index (χ2n) is 6.29. The molecule has 1 aromatic rings. The Morgan fingerprint density at radius 1 is 1.24 bits per heavy atom. The van der Waals surface area contributed by atoms with Crippen LogP contribution in [0.2, 0.25) is 0 Å². The predicted molar refractivity (Wildman–Crippen MR) is 102 cm³/mol. The van der Waals surface area contributed by atoms with Crippen LogP contribution >= 0.6 is 24.0 Å². The fraction of sp³-hybridized carbons (Fsp3) is 0.588. The number of nitrogens with one attached hydrogen (secondary N) is 1. The fourth-order valence-electron chi connectivity index (χ4n) is 2.99. The van der Waals surface area contributed by atoms with Crippen molar-refractivity contribution in [3.8, 4) is 0 Å². The Morgan fingerprint density at radius 2 is 1.86 bits per heavy atom. The first-order valence-corrected chi connectivity index (χ1v) is 7.56. The molecule has 0 atom stereocenters. The molecule has 0 saturated carbocycles. The van der Waals surface area contributed by atoms with Gasteiger partial charge in [0, 0.05) is 32.1 Å². The first-order chi connectivity index (χ1) is 9.54. The number of likely N-dealkylation sites (tertiary alicyclic amines) is 1. The summed E-state index contributed by atoms with van der Waals surface area (Å²) in [6.45, 7) is 9.93. The van der Waals surface area contributed by atoms with Gasteiger partial charge in [-0.3, -0.25) is 4.99 Å². The quantitative estimate of drug-likeness (QED) is 0.477. The van der Waals surface area contributed by atoms with Crippen LogP contribution in [0.3, 0.4) is 0 Å².